The molecule has 0 aromatic carbocycles. The van der Waals surface area contributed by atoms with Crippen LogP contribution < -0.4 is 5.32 Å². The minimum atomic E-state index is -0.307. The van der Waals surface area contributed by atoms with Crippen molar-refractivity contribution in [2.45, 2.75) is 90.3 Å². The van der Waals surface area contributed by atoms with Crippen LogP contribution >= 0.6 is 0 Å². The van der Waals surface area contributed by atoms with Gasteiger partial charge in [0.2, 0.25) is 11.8 Å². The molecule has 2 aliphatic rings. The van der Waals surface area contributed by atoms with Gasteiger partial charge in [0, 0.05) is 6.04 Å². The van der Waals surface area contributed by atoms with Crippen LogP contribution in [0.4, 0.5) is 0 Å². The van der Waals surface area contributed by atoms with Crippen molar-refractivity contribution in [1.82, 2.24) is 10.2 Å². The topological polar surface area (TPSA) is 49.4 Å². The number of carbonyl (C=O) groups excluding carboxylic acids is 2. The standard InChI is InChI=1S/C17H30N2O2/c1-4-6-13-8-10-14(11-9-13)19-12(3)16(20)18-15(7-5-2)17(19)21/h12-15H,4-11H2,1-3H3,(H,18,20). The summed E-state index contributed by atoms with van der Waals surface area (Å²) in [6.45, 7) is 6.16. The van der Waals surface area contributed by atoms with Crippen LogP contribution in [0.25, 0.3) is 0 Å². The molecule has 21 heavy (non-hydrogen) atoms. The molecule has 2 fully saturated rings. The molecule has 0 radical (unpaired) electrons. The lowest BCUT2D eigenvalue weighted by atomic mass is 9.82. The minimum Gasteiger partial charge on any atom is -0.343 e. The van der Waals surface area contributed by atoms with Gasteiger partial charge < -0.3 is 10.2 Å². The molecule has 2 atom stereocenters. The normalized spacial score (nSPS) is 34.0. The summed E-state index contributed by atoms with van der Waals surface area (Å²) in [7, 11) is 0. The third-order valence-electron chi connectivity index (χ3n) is 5.15. The number of hydrogen-bond donors (Lipinski definition) is 1. The van der Waals surface area contributed by atoms with Crippen LogP contribution in [0.5, 0.6) is 0 Å². The SMILES string of the molecule is CCCC1CCC(N2C(=O)C(CCC)NC(=O)C2C)CC1. The monoisotopic (exact) mass is 294 g/mol. The van der Waals surface area contributed by atoms with E-state index in [9.17, 15) is 9.59 Å². The third kappa shape index (κ3) is 3.58. The first kappa shape index (κ1) is 16.3. The predicted octanol–water partition coefficient (Wildman–Crippen LogP) is 2.86. The maximum absolute atomic E-state index is 12.7. The summed E-state index contributed by atoms with van der Waals surface area (Å²) < 4.78 is 0. The van der Waals surface area contributed by atoms with E-state index in [1.54, 1.807) is 0 Å². The fourth-order valence-electron chi connectivity index (χ4n) is 3.95. The molecule has 1 heterocycles. The largest absolute Gasteiger partial charge is 0.343 e. The maximum Gasteiger partial charge on any atom is 0.246 e. The lowest BCUT2D eigenvalue weighted by molar-refractivity contribution is -0.152. The van der Waals surface area contributed by atoms with Gasteiger partial charge in [0.05, 0.1) is 0 Å². The van der Waals surface area contributed by atoms with E-state index in [0.29, 0.717) is 0 Å². The molecule has 0 aromatic heterocycles. The van der Waals surface area contributed by atoms with Crippen molar-refractivity contribution in [2.75, 3.05) is 0 Å². The average molecular weight is 294 g/mol. The Morgan fingerprint density at radius 1 is 1.05 bits per heavy atom. The van der Waals surface area contributed by atoms with Gasteiger partial charge in [-0.2, -0.15) is 0 Å². The molecule has 1 N–H and O–H groups in total. The van der Waals surface area contributed by atoms with E-state index in [1.165, 1.54) is 25.7 Å². The van der Waals surface area contributed by atoms with Crippen LogP contribution in [0.2, 0.25) is 0 Å². The number of piperazine rings is 1. The molecule has 120 valence electrons. The Hall–Kier alpha value is -1.06. The van der Waals surface area contributed by atoms with Gasteiger partial charge in [-0.05, 0) is 44.9 Å². The number of rotatable bonds is 5. The molecule has 2 unspecified atom stereocenters. The molecule has 4 heteroatoms. The zero-order valence-electron chi connectivity index (χ0n) is 13.7. The van der Waals surface area contributed by atoms with Crippen LogP contribution in [0.15, 0.2) is 0 Å². The van der Waals surface area contributed by atoms with E-state index >= 15 is 0 Å². The van der Waals surface area contributed by atoms with Crippen molar-refractivity contribution in [3.05, 3.63) is 0 Å². The van der Waals surface area contributed by atoms with Gasteiger partial charge in [0.15, 0.2) is 0 Å². The highest BCUT2D eigenvalue weighted by Crippen LogP contribution is 2.32. The van der Waals surface area contributed by atoms with Crippen molar-refractivity contribution >= 4 is 11.8 Å². The first-order valence-corrected chi connectivity index (χ1v) is 8.71. The van der Waals surface area contributed by atoms with E-state index in [2.05, 4.69) is 19.2 Å². The van der Waals surface area contributed by atoms with Gasteiger partial charge in [0.25, 0.3) is 0 Å². The molecular weight excluding hydrogens is 264 g/mol. The average Bonchev–Trinajstić information content (AvgIpc) is 2.47. The molecular formula is C17H30N2O2. The van der Waals surface area contributed by atoms with Crippen LogP contribution in [0.3, 0.4) is 0 Å². The Kier molecular flexibility index (Phi) is 5.65. The molecule has 2 amide bonds. The van der Waals surface area contributed by atoms with Crippen molar-refractivity contribution < 1.29 is 9.59 Å². The number of hydrogen-bond acceptors (Lipinski definition) is 2. The van der Waals surface area contributed by atoms with Crippen molar-refractivity contribution in [2.24, 2.45) is 5.92 Å². The smallest absolute Gasteiger partial charge is 0.246 e. The summed E-state index contributed by atoms with van der Waals surface area (Å²) in [4.78, 5) is 26.7. The summed E-state index contributed by atoms with van der Waals surface area (Å²) >= 11 is 0. The molecule has 4 nitrogen and oxygen atoms in total. The lowest BCUT2D eigenvalue weighted by Gasteiger charge is -2.44. The van der Waals surface area contributed by atoms with E-state index in [4.69, 9.17) is 0 Å². The zero-order valence-corrected chi connectivity index (χ0v) is 13.7. The minimum absolute atomic E-state index is 0.0173. The number of nitrogens with one attached hydrogen (secondary N) is 1. The highest BCUT2D eigenvalue weighted by atomic mass is 16.2. The Bertz CT molecular complexity index is 375. The van der Waals surface area contributed by atoms with Crippen LogP contribution in [0.1, 0.15) is 72.1 Å². The summed E-state index contributed by atoms with van der Waals surface area (Å²) in [6, 6.07) is -0.337. The molecule has 0 spiro atoms. The Balaban J connectivity index is 2.02. The highest BCUT2D eigenvalue weighted by Gasteiger charge is 2.41. The Labute approximate surface area is 128 Å². The predicted molar refractivity (Wildman–Crippen MR) is 83.8 cm³/mol. The van der Waals surface area contributed by atoms with Crippen molar-refractivity contribution in [3.63, 3.8) is 0 Å². The van der Waals surface area contributed by atoms with Gasteiger partial charge in [0.1, 0.15) is 12.1 Å². The molecule has 1 saturated carbocycles. The van der Waals surface area contributed by atoms with Gasteiger partial charge in [-0.25, -0.2) is 0 Å². The van der Waals surface area contributed by atoms with Gasteiger partial charge in [-0.1, -0.05) is 33.1 Å². The van der Waals surface area contributed by atoms with Crippen molar-refractivity contribution in [3.8, 4) is 0 Å². The number of carbonyl (C=O) groups is 2. The number of nitrogens with zero attached hydrogens (tertiary/aromatic N) is 1. The fraction of sp³-hybridized carbons (Fsp3) is 0.882. The fourth-order valence-corrected chi connectivity index (χ4v) is 3.95. The Morgan fingerprint density at radius 2 is 1.67 bits per heavy atom. The second-order valence-electron chi connectivity index (χ2n) is 6.73. The second-order valence-corrected chi connectivity index (χ2v) is 6.73. The third-order valence-corrected chi connectivity index (χ3v) is 5.15. The van der Waals surface area contributed by atoms with Crippen LogP contribution in [-0.2, 0) is 9.59 Å². The quantitative estimate of drug-likeness (QED) is 0.847. The zero-order chi connectivity index (χ0) is 15.4. The van der Waals surface area contributed by atoms with Crippen molar-refractivity contribution in [1.29, 1.82) is 0 Å². The van der Waals surface area contributed by atoms with E-state index < -0.39 is 0 Å². The summed E-state index contributed by atoms with van der Waals surface area (Å²) in [5.41, 5.74) is 0. The maximum atomic E-state index is 12.7. The van der Waals surface area contributed by atoms with Gasteiger partial charge in [-0.15, -0.1) is 0 Å². The molecule has 1 saturated heterocycles. The molecule has 0 aromatic rings. The molecule has 0 bridgehead atoms. The first-order chi connectivity index (χ1) is 10.1. The summed E-state index contributed by atoms with van der Waals surface area (Å²) in [5, 5.41) is 2.88. The van der Waals surface area contributed by atoms with Crippen LogP contribution in [0, 0.1) is 5.92 Å². The van der Waals surface area contributed by atoms with E-state index in [1.807, 2.05) is 11.8 Å². The Morgan fingerprint density at radius 3 is 2.24 bits per heavy atom. The van der Waals surface area contributed by atoms with Gasteiger partial charge >= 0.3 is 0 Å². The summed E-state index contributed by atoms with van der Waals surface area (Å²) in [6.07, 6.45) is 8.75. The second kappa shape index (κ2) is 7.28. The molecule has 1 aliphatic heterocycles. The molecule has 1 aliphatic carbocycles. The van der Waals surface area contributed by atoms with E-state index in [0.717, 1.165) is 31.6 Å². The number of amides is 2. The van der Waals surface area contributed by atoms with Gasteiger partial charge in [-0.3, -0.25) is 9.59 Å². The summed E-state index contributed by atoms with van der Waals surface area (Å²) in [5.74, 6) is 0.980. The molecule has 2 rings (SSSR count). The highest BCUT2D eigenvalue weighted by molar-refractivity contribution is 5.96. The lowest BCUT2D eigenvalue weighted by Crippen LogP contribution is -2.65. The first-order valence-electron chi connectivity index (χ1n) is 8.71. The van der Waals surface area contributed by atoms with Crippen LogP contribution in [-0.4, -0.2) is 34.8 Å². The van der Waals surface area contributed by atoms with E-state index in [-0.39, 0.29) is 29.9 Å².